The van der Waals surface area contributed by atoms with Gasteiger partial charge in [-0.05, 0) is 68.6 Å². The minimum Gasteiger partial charge on any atom is -0.370 e. The number of rotatable bonds is 15. The highest BCUT2D eigenvalue weighted by atomic mass is 16.2. The number of aromatic amines is 1. The van der Waals surface area contributed by atoms with E-state index in [9.17, 15) is 33.6 Å². The predicted molar refractivity (Wildman–Crippen MR) is 243 cm³/mol. The highest BCUT2D eigenvalue weighted by molar-refractivity contribution is 5.98. The molecule has 65 heavy (non-hydrogen) atoms. The van der Waals surface area contributed by atoms with Gasteiger partial charge in [0.25, 0.3) is 0 Å². The quantitative estimate of drug-likeness (QED) is 0.0490. The average molecular weight is 899 g/mol. The molecule has 350 valence electrons. The van der Waals surface area contributed by atoms with Crippen LogP contribution in [0.25, 0.3) is 10.9 Å². The second-order valence-electron chi connectivity index (χ2n) is 16.3. The van der Waals surface area contributed by atoms with Crippen molar-refractivity contribution in [2.75, 3.05) is 26.2 Å². The van der Waals surface area contributed by atoms with Crippen LogP contribution in [0.3, 0.4) is 0 Å². The zero-order valence-corrected chi connectivity index (χ0v) is 36.6. The maximum Gasteiger partial charge on any atom is 0.245 e. The molecule has 0 saturated carbocycles. The third-order valence-corrected chi connectivity index (χ3v) is 11.4. The Morgan fingerprint density at radius 1 is 0.785 bits per heavy atom. The molecule has 0 bridgehead atoms. The van der Waals surface area contributed by atoms with Gasteiger partial charge < -0.3 is 63.9 Å². The van der Waals surface area contributed by atoms with Gasteiger partial charge in [-0.1, -0.05) is 48.5 Å². The Balaban J connectivity index is 1.47. The standard InChI is InChI=1S/C44H62N14O7/c1-26(59)53-34(23-27-11-3-2-4-12-27)39(62)56-33-17-9-19-49-37(60)31(15-7-20-50-43(45)46)54-40(63)35(24-28-25-52-30-14-6-5-13-29(28)30)57-38(61)32(16-8-21-51-44(47)48)55-41(64)36-18-10-22-58(36)42(33)65/h2-6,11-14,25,31-36,52H,7-10,15-24H2,1H3,(H,49,60)(H,53,59)(H,54,63)(H,55,64)(H,56,62)(H,57,61)(H4,45,46,50)(H4,47,48,51)/t31-,32+,33-,34-,35-,36-/m0/s1. The van der Waals surface area contributed by atoms with Crippen LogP contribution in [0.15, 0.2) is 60.8 Å². The van der Waals surface area contributed by atoms with Gasteiger partial charge in [0, 0.05) is 63.0 Å². The summed E-state index contributed by atoms with van der Waals surface area (Å²) in [4.78, 5) is 102. The number of carbonyl (C=O) groups is 7. The normalized spacial score (nSPS) is 21.6. The average Bonchev–Trinajstić information content (AvgIpc) is 3.93. The van der Waals surface area contributed by atoms with Gasteiger partial charge in [0.1, 0.15) is 36.3 Å². The number of nitrogens with zero attached hydrogens (tertiary/aromatic N) is 1. The number of hydrogen-bond acceptors (Lipinski definition) is 9. The molecule has 3 aromatic rings. The first-order valence-electron chi connectivity index (χ1n) is 22.0. The second-order valence-corrected chi connectivity index (χ2v) is 16.3. The minimum absolute atomic E-state index is 0.0144. The lowest BCUT2D eigenvalue weighted by Crippen LogP contribution is -2.60. The molecule has 0 unspecified atom stereocenters. The molecular formula is C44H62N14O7. The number of fused-ring (bicyclic) bond motifs is 2. The number of benzene rings is 2. The number of para-hydroxylation sites is 1. The predicted octanol–water partition coefficient (Wildman–Crippen LogP) is -1.18. The van der Waals surface area contributed by atoms with Crippen molar-refractivity contribution in [1.82, 2.24) is 52.4 Å². The summed E-state index contributed by atoms with van der Waals surface area (Å²) < 4.78 is 0. The largest absolute Gasteiger partial charge is 0.370 e. The van der Waals surface area contributed by atoms with E-state index in [1.165, 1.54) is 11.8 Å². The molecule has 0 spiro atoms. The van der Waals surface area contributed by atoms with Gasteiger partial charge in [0.05, 0.1) is 0 Å². The highest BCUT2D eigenvalue weighted by Crippen LogP contribution is 2.22. The van der Waals surface area contributed by atoms with E-state index in [-0.39, 0.29) is 89.5 Å². The number of H-pyrrole nitrogens is 1. The first-order chi connectivity index (χ1) is 31.2. The molecule has 6 atom stereocenters. The van der Waals surface area contributed by atoms with Crippen LogP contribution in [0.5, 0.6) is 0 Å². The van der Waals surface area contributed by atoms with Crippen LogP contribution in [-0.2, 0) is 46.4 Å². The summed E-state index contributed by atoms with van der Waals surface area (Å²) in [7, 11) is 0. The SMILES string of the molecule is CC(=O)N[C@@H](Cc1ccccc1)C(=O)N[C@H]1CCCNC(=O)[C@H](CCCNC(=N)N)NC(=O)[C@H](Cc2c[nH]c3ccccc23)NC(=O)[C@@H](CCCNC(=N)N)NC(=O)[C@@H]2CCCN2C1=O. The van der Waals surface area contributed by atoms with Crippen LogP contribution in [0.2, 0.25) is 0 Å². The lowest BCUT2D eigenvalue weighted by atomic mass is 10.0. The number of nitrogens with one attached hydrogen (secondary N) is 11. The van der Waals surface area contributed by atoms with E-state index in [4.69, 9.17) is 22.3 Å². The summed E-state index contributed by atoms with van der Waals surface area (Å²) in [5, 5.41) is 38.1. The van der Waals surface area contributed by atoms with Crippen LogP contribution >= 0.6 is 0 Å². The number of guanidine groups is 2. The molecule has 1 aromatic heterocycles. The maximum atomic E-state index is 14.5. The highest BCUT2D eigenvalue weighted by Gasteiger charge is 2.40. The van der Waals surface area contributed by atoms with Gasteiger partial charge >= 0.3 is 0 Å². The number of amides is 7. The van der Waals surface area contributed by atoms with E-state index in [1.807, 2.05) is 42.5 Å². The first-order valence-corrected chi connectivity index (χ1v) is 22.0. The molecule has 2 fully saturated rings. The van der Waals surface area contributed by atoms with Crippen molar-refractivity contribution in [3.8, 4) is 0 Å². The molecule has 2 aliphatic heterocycles. The lowest BCUT2D eigenvalue weighted by Gasteiger charge is -2.31. The molecule has 21 heteroatoms. The van der Waals surface area contributed by atoms with E-state index < -0.39 is 77.6 Å². The zero-order chi connectivity index (χ0) is 46.9. The Morgan fingerprint density at radius 2 is 1.40 bits per heavy atom. The van der Waals surface area contributed by atoms with Gasteiger partial charge in [-0.3, -0.25) is 44.4 Å². The van der Waals surface area contributed by atoms with E-state index in [0.717, 1.165) is 16.5 Å². The van der Waals surface area contributed by atoms with E-state index >= 15 is 0 Å². The molecule has 3 heterocycles. The van der Waals surface area contributed by atoms with Gasteiger partial charge in [-0.25, -0.2) is 0 Å². The Labute approximate surface area is 377 Å². The molecule has 21 nitrogen and oxygen atoms in total. The summed E-state index contributed by atoms with van der Waals surface area (Å²) in [6, 6.07) is 9.76. The van der Waals surface area contributed by atoms with Gasteiger partial charge in [0.15, 0.2) is 11.9 Å². The Bertz CT molecular complexity index is 2180. The van der Waals surface area contributed by atoms with Crippen LogP contribution in [0.1, 0.15) is 69.4 Å². The zero-order valence-electron chi connectivity index (χ0n) is 36.6. The number of aromatic nitrogens is 1. The third-order valence-electron chi connectivity index (χ3n) is 11.4. The van der Waals surface area contributed by atoms with E-state index in [1.54, 1.807) is 18.3 Å². The van der Waals surface area contributed by atoms with Gasteiger partial charge in [-0.2, -0.15) is 0 Å². The monoisotopic (exact) mass is 898 g/mol. The van der Waals surface area contributed by atoms with Crippen LogP contribution in [-0.4, -0.2) is 126 Å². The molecule has 0 aliphatic carbocycles. The lowest BCUT2D eigenvalue weighted by molar-refractivity contribution is -0.142. The van der Waals surface area contributed by atoms with Crippen LogP contribution in [0, 0.1) is 10.8 Å². The van der Waals surface area contributed by atoms with Crippen molar-refractivity contribution in [3.63, 3.8) is 0 Å². The summed E-state index contributed by atoms with van der Waals surface area (Å²) >= 11 is 0. The topological polar surface area (TPSA) is 334 Å². The van der Waals surface area contributed by atoms with Crippen molar-refractivity contribution < 1.29 is 33.6 Å². The first kappa shape index (κ1) is 48.8. The van der Waals surface area contributed by atoms with Crippen molar-refractivity contribution in [3.05, 3.63) is 71.9 Å². The number of hydrogen-bond donors (Lipinski definition) is 13. The minimum atomic E-state index is -1.22. The Hall–Kier alpha value is -7.19. The summed E-state index contributed by atoms with van der Waals surface area (Å²) in [5.74, 6) is -4.65. The van der Waals surface area contributed by atoms with Crippen molar-refractivity contribution in [2.24, 2.45) is 11.5 Å². The summed E-state index contributed by atoms with van der Waals surface area (Å²) in [6.07, 6.45) is 3.61. The maximum absolute atomic E-state index is 14.5. The fraction of sp³-hybridized carbons (Fsp3) is 0.477. The smallest absolute Gasteiger partial charge is 0.245 e. The molecule has 15 N–H and O–H groups in total. The van der Waals surface area contributed by atoms with E-state index in [2.05, 4.69) is 47.5 Å². The molecule has 2 aliphatic rings. The summed E-state index contributed by atoms with van der Waals surface area (Å²) in [5.41, 5.74) is 13.3. The van der Waals surface area contributed by atoms with Crippen LogP contribution in [0.4, 0.5) is 0 Å². The fourth-order valence-electron chi connectivity index (χ4n) is 8.12. The molecule has 7 amide bonds. The number of carbonyl (C=O) groups excluding carboxylic acids is 7. The molecule has 5 rings (SSSR count). The Kier molecular flexibility index (Phi) is 18.1. The summed E-state index contributed by atoms with van der Waals surface area (Å²) in [6.45, 7) is 1.94. The molecule has 2 saturated heterocycles. The fourth-order valence-corrected chi connectivity index (χ4v) is 8.12. The Morgan fingerprint density at radius 3 is 2.08 bits per heavy atom. The molecular weight excluding hydrogens is 837 g/mol. The van der Waals surface area contributed by atoms with Crippen molar-refractivity contribution in [2.45, 2.75) is 107 Å². The number of nitrogens with two attached hydrogens (primary N) is 2. The van der Waals surface area contributed by atoms with E-state index in [0.29, 0.717) is 18.4 Å². The van der Waals surface area contributed by atoms with Gasteiger partial charge in [-0.15, -0.1) is 0 Å². The second kappa shape index (κ2) is 24.0. The molecule has 2 aromatic carbocycles. The third kappa shape index (κ3) is 14.7. The molecule has 0 radical (unpaired) electrons. The van der Waals surface area contributed by atoms with Crippen molar-refractivity contribution in [1.29, 1.82) is 10.8 Å². The van der Waals surface area contributed by atoms with Gasteiger partial charge in [0.2, 0.25) is 41.4 Å². The van der Waals surface area contributed by atoms with Crippen molar-refractivity contribution >= 4 is 64.2 Å². The van der Waals surface area contributed by atoms with Crippen LogP contribution < -0.4 is 54.0 Å².